The predicted octanol–water partition coefficient (Wildman–Crippen LogP) is 6.83. The van der Waals surface area contributed by atoms with E-state index in [0.717, 1.165) is 5.56 Å². The highest BCUT2D eigenvalue weighted by molar-refractivity contribution is 8.18. The maximum atomic E-state index is 13.2. The van der Waals surface area contributed by atoms with Crippen LogP contribution in [0.3, 0.4) is 0 Å². The van der Waals surface area contributed by atoms with Gasteiger partial charge in [0.05, 0.1) is 22.7 Å². The first-order valence-corrected chi connectivity index (χ1v) is 11.9. The van der Waals surface area contributed by atoms with Crippen LogP contribution in [0.4, 0.5) is 14.5 Å². The highest BCUT2D eigenvalue weighted by atomic mass is 35.5. The summed E-state index contributed by atoms with van der Waals surface area (Å²) in [6, 6.07) is 15.1. The minimum Gasteiger partial charge on any atom is -0.493 e. The second kappa shape index (κ2) is 10.9. The number of hydrogen-bond acceptors (Lipinski definition) is 5. The van der Waals surface area contributed by atoms with Gasteiger partial charge in [-0.15, -0.1) is 0 Å². The number of benzene rings is 3. The van der Waals surface area contributed by atoms with E-state index in [4.69, 9.17) is 21.1 Å². The average molecular weight is 515 g/mol. The molecule has 0 saturated carbocycles. The average Bonchev–Trinajstić information content (AvgIpc) is 3.14. The van der Waals surface area contributed by atoms with Crippen molar-refractivity contribution in [3.8, 4) is 11.5 Å². The van der Waals surface area contributed by atoms with Gasteiger partial charge in [-0.2, -0.15) is 0 Å². The number of ether oxygens (including phenoxy) is 2. The number of carbonyl (C=O) groups excluding carboxylic acids is 1. The molecule has 1 amide bonds. The standard InChI is InChI=1S/C26H21ClF2N2O3S/c1-3-31-25(32)23(35-26(31)30-20-10-8-19(29)9-11-20)14-17-12-21(27)24(22(13-17)33-2)34-15-16-4-6-18(28)7-5-16/h4-14H,3,15H2,1-2H3/b23-14+,30-26?. The van der Waals surface area contributed by atoms with Crippen LogP contribution >= 0.6 is 23.4 Å². The van der Waals surface area contributed by atoms with Crippen molar-refractivity contribution in [3.63, 3.8) is 0 Å². The third-order valence-corrected chi connectivity index (χ3v) is 6.39. The number of thioether (sulfide) groups is 1. The molecule has 1 aliphatic rings. The maximum absolute atomic E-state index is 13.2. The molecule has 0 unspecified atom stereocenters. The summed E-state index contributed by atoms with van der Waals surface area (Å²) in [7, 11) is 1.50. The Balaban J connectivity index is 1.58. The van der Waals surface area contributed by atoms with Crippen LogP contribution in [0, 0.1) is 11.6 Å². The van der Waals surface area contributed by atoms with Crippen molar-refractivity contribution in [2.24, 2.45) is 4.99 Å². The van der Waals surface area contributed by atoms with Gasteiger partial charge in [-0.1, -0.05) is 23.7 Å². The van der Waals surface area contributed by atoms with Crippen molar-refractivity contribution in [1.29, 1.82) is 0 Å². The van der Waals surface area contributed by atoms with Crippen LogP contribution in [0.2, 0.25) is 5.02 Å². The number of carbonyl (C=O) groups is 1. The largest absolute Gasteiger partial charge is 0.493 e. The van der Waals surface area contributed by atoms with Gasteiger partial charge in [-0.3, -0.25) is 9.69 Å². The van der Waals surface area contributed by atoms with Gasteiger partial charge in [0.1, 0.15) is 18.2 Å². The maximum Gasteiger partial charge on any atom is 0.266 e. The normalized spacial score (nSPS) is 15.8. The molecule has 1 heterocycles. The molecule has 9 heteroatoms. The minimum absolute atomic E-state index is 0.180. The summed E-state index contributed by atoms with van der Waals surface area (Å²) >= 11 is 7.71. The van der Waals surface area contributed by atoms with Crippen molar-refractivity contribution in [1.82, 2.24) is 4.90 Å². The molecule has 0 radical (unpaired) electrons. The Hall–Kier alpha value is -3.36. The first-order chi connectivity index (χ1) is 16.9. The summed E-state index contributed by atoms with van der Waals surface area (Å²) in [5.74, 6) is -0.124. The summed E-state index contributed by atoms with van der Waals surface area (Å²) in [6.45, 7) is 2.47. The van der Waals surface area contributed by atoms with E-state index in [1.54, 1.807) is 47.4 Å². The van der Waals surface area contributed by atoms with Crippen LogP contribution in [0.25, 0.3) is 6.08 Å². The first kappa shape index (κ1) is 24.8. The Bertz CT molecular complexity index is 1300. The second-order valence-electron chi connectivity index (χ2n) is 7.48. The lowest BCUT2D eigenvalue weighted by molar-refractivity contribution is -0.122. The summed E-state index contributed by atoms with van der Waals surface area (Å²) in [5.41, 5.74) is 1.97. The predicted molar refractivity (Wildman–Crippen MR) is 135 cm³/mol. The number of nitrogens with zero attached hydrogens (tertiary/aromatic N) is 2. The molecule has 0 atom stereocenters. The number of amidine groups is 1. The fourth-order valence-electron chi connectivity index (χ4n) is 3.35. The van der Waals surface area contributed by atoms with Crippen LogP contribution in [0.1, 0.15) is 18.1 Å². The second-order valence-corrected chi connectivity index (χ2v) is 8.90. The van der Waals surface area contributed by atoms with E-state index in [-0.39, 0.29) is 24.1 Å². The zero-order chi connectivity index (χ0) is 24.9. The van der Waals surface area contributed by atoms with Gasteiger partial charge in [0.2, 0.25) is 0 Å². The van der Waals surface area contributed by atoms with E-state index in [0.29, 0.717) is 44.4 Å². The topological polar surface area (TPSA) is 51.1 Å². The smallest absolute Gasteiger partial charge is 0.266 e. The zero-order valence-electron chi connectivity index (χ0n) is 18.9. The zero-order valence-corrected chi connectivity index (χ0v) is 20.5. The Labute approximate surface area is 211 Å². The van der Waals surface area contributed by atoms with Gasteiger partial charge < -0.3 is 9.47 Å². The Kier molecular flexibility index (Phi) is 7.73. The van der Waals surface area contributed by atoms with Crippen LogP contribution in [-0.4, -0.2) is 29.6 Å². The van der Waals surface area contributed by atoms with E-state index >= 15 is 0 Å². The molecule has 5 nitrogen and oxygen atoms in total. The molecule has 1 fully saturated rings. The molecule has 35 heavy (non-hydrogen) atoms. The lowest BCUT2D eigenvalue weighted by Crippen LogP contribution is -2.28. The van der Waals surface area contributed by atoms with Crippen molar-refractivity contribution >= 4 is 46.2 Å². The number of halogens is 3. The fourth-order valence-corrected chi connectivity index (χ4v) is 4.68. The van der Waals surface area contributed by atoms with Crippen LogP contribution in [0.15, 0.2) is 70.6 Å². The Morgan fingerprint density at radius 3 is 2.34 bits per heavy atom. The molecule has 0 aliphatic carbocycles. The van der Waals surface area contributed by atoms with Crippen LogP contribution in [-0.2, 0) is 11.4 Å². The van der Waals surface area contributed by atoms with Crippen molar-refractivity contribution < 1.29 is 23.0 Å². The summed E-state index contributed by atoms with van der Waals surface area (Å²) in [4.78, 5) is 19.5. The van der Waals surface area contributed by atoms with Gasteiger partial charge in [-0.05, 0) is 84.4 Å². The molecule has 4 rings (SSSR count). The number of aliphatic imine (C=N–C) groups is 1. The van der Waals surface area contributed by atoms with Gasteiger partial charge >= 0.3 is 0 Å². The molecule has 1 aliphatic heterocycles. The first-order valence-electron chi connectivity index (χ1n) is 10.7. The molecule has 3 aromatic carbocycles. The van der Waals surface area contributed by atoms with E-state index < -0.39 is 0 Å². The molecule has 0 N–H and O–H groups in total. The fraction of sp³-hybridized carbons (Fsp3) is 0.154. The minimum atomic E-state index is -0.354. The number of hydrogen-bond donors (Lipinski definition) is 0. The Morgan fingerprint density at radius 1 is 1.06 bits per heavy atom. The summed E-state index contributed by atoms with van der Waals surface area (Å²) < 4.78 is 37.6. The molecule has 3 aromatic rings. The van der Waals surface area contributed by atoms with Gasteiger partial charge in [-0.25, -0.2) is 13.8 Å². The molecule has 1 saturated heterocycles. The lowest BCUT2D eigenvalue weighted by atomic mass is 10.1. The Morgan fingerprint density at radius 2 is 1.71 bits per heavy atom. The van der Waals surface area contributed by atoms with E-state index in [1.165, 1.54) is 43.1 Å². The molecule has 180 valence electrons. The number of likely N-dealkylation sites (N-methyl/N-ethyl adjacent to an activating group) is 1. The van der Waals surface area contributed by atoms with Gasteiger partial charge in [0.25, 0.3) is 5.91 Å². The van der Waals surface area contributed by atoms with Crippen molar-refractivity contribution in [3.05, 3.63) is 93.4 Å². The molecule has 0 spiro atoms. The van der Waals surface area contributed by atoms with Gasteiger partial charge in [0.15, 0.2) is 16.7 Å². The van der Waals surface area contributed by atoms with Crippen LogP contribution in [0.5, 0.6) is 11.5 Å². The van der Waals surface area contributed by atoms with Crippen molar-refractivity contribution in [2.45, 2.75) is 13.5 Å². The third-order valence-electron chi connectivity index (χ3n) is 5.10. The quantitative estimate of drug-likeness (QED) is 0.324. The van der Waals surface area contributed by atoms with Crippen molar-refractivity contribution in [2.75, 3.05) is 13.7 Å². The molecule has 0 bridgehead atoms. The number of amides is 1. The highest BCUT2D eigenvalue weighted by Crippen LogP contribution is 2.39. The number of rotatable bonds is 7. The summed E-state index contributed by atoms with van der Waals surface area (Å²) in [6.07, 6.45) is 1.71. The van der Waals surface area contributed by atoms with E-state index in [1.807, 2.05) is 6.92 Å². The van der Waals surface area contributed by atoms with Crippen LogP contribution < -0.4 is 9.47 Å². The SMILES string of the molecule is CCN1C(=O)/C(=C\c2cc(Cl)c(OCc3ccc(F)cc3)c(OC)c2)SC1=Nc1ccc(F)cc1. The van der Waals surface area contributed by atoms with Gasteiger partial charge in [0, 0.05) is 6.54 Å². The lowest BCUT2D eigenvalue weighted by Gasteiger charge is -2.14. The van der Waals surface area contributed by atoms with E-state index in [9.17, 15) is 13.6 Å². The van der Waals surface area contributed by atoms with E-state index in [2.05, 4.69) is 4.99 Å². The molecular weight excluding hydrogens is 494 g/mol. The number of methoxy groups -OCH3 is 1. The molecular formula is C26H21ClF2N2O3S. The molecule has 0 aromatic heterocycles. The summed E-state index contributed by atoms with van der Waals surface area (Å²) in [5, 5.41) is 0.814. The highest BCUT2D eigenvalue weighted by Gasteiger charge is 2.32. The monoisotopic (exact) mass is 514 g/mol. The third kappa shape index (κ3) is 5.83.